The number of hydrogen-bond acceptors (Lipinski definition) is 5. The average Bonchev–Trinajstić information content (AvgIpc) is 3.16. The van der Waals surface area contributed by atoms with E-state index in [0.29, 0.717) is 22.2 Å². The number of anilines is 1. The number of benzene rings is 2. The van der Waals surface area contributed by atoms with Gasteiger partial charge in [0.2, 0.25) is 11.1 Å². The van der Waals surface area contributed by atoms with E-state index in [1.54, 1.807) is 31.3 Å². The summed E-state index contributed by atoms with van der Waals surface area (Å²) in [5, 5.41) is 10.5. The lowest BCUT2D eigenvalue weighted by molar-refractivity contribution is -0.115. The molecule has 140 valence electrons. The van der Waals surface area contributed by atoms with Crippen LogP contribution in [0, 0.1) is 5.82 Å². The third kappa shape index (κ3) is 3.72. The van der Waals surface area contributed by atoms with Crippen LogP contribution in [0.15, 0.2) is 66.0 Å². The third-order valence-corrected chi connectivity index (χ3v) is 5.11. The summed E-state index contributed by atoms with van der Waals surface area (Å²) < 4.78 is 13.9. The monoisotopic (exact) mass is 393 g/mol. The number of carbonyl (C=O) groups excluding carboxylic acids is 1. The largest absolute Gasteiger partial charge is 0.324 e. The van der Waals surface area contributed by atoms with E-state index in [2.05, 4.69) is 25.5 Å². The van der Waals surface area contributed by atoms with Crippen molar-refractivity contribution in [2.45, 2.75) is 17.3 Å². The molecule has 28 heavy (non-hydrogen) atoms. The summed E-state index contributed by atoms with van der Waals surface area (Å²) in [6.45, 7) is 1.77. The number of aromatic nitrogens is 4. The summed E-state index contributed by atoms with van der Waals surface area (Å²) in [5.74, 6) is -0.238. The molecule has 1 atom stereocenters. The Bertz CT molecular complexity index is 1140. The fourth-order valence-electron chi connectivity index (χ4n) is 2.73. The minimum Gasteiger partial charge on any atom is -0.324 e. The van der Waals surface area contributed by atoms with Gasteiger partial charge in [-0.3, -0.25) is 14.9 Å². The Morgan fingerprint density at radius 3 is 2.86 bits per heavy atom. The number of hydrogen-bond donors (Lipinski definition) is 2. The Labute approximate surface area is 164 Å². The smallest absolute Gasteiger partial charge is 0.237 e. The highest BCUT2D eigenvalue weighted by Gasteiger charge is 2.19. The van der Waals surface area contributed by atoms with Gasteiger partial charge in [0.25, 0.3) is 0 Å². The number of pyridine rings is 1. The van der Waals surface area contributed by atoms with Gasteiger partial charge in [-0.2, -0.15) is 0 Å². The van der Waals surface area contributed by atoms with E-state index < -0.39 is 5.25 Å². The van der Waals surface area contributed by atoms with Crippen molar-refractivity contribution in [3.8, 4) is 11.4 Å². The van der Waals surface area contributed by atoms with Gasteiger partial charge in [0.1, 0.15) is 5.82 Å². The van der Waals surface area contributed by atoms with Crippen molar-refractivity contribution in [1.29, 1.82) is 0 Å². The molecular weight excluding hydrogens is 377 g/mol. The molecule has 2 aromatic carbocycles. The van der Waals surface area contributed by atoms with Crippen molar-refractivity contribution in [3.63, 3.8) is 0 Å². The topological polar surface area (TPSA) is 83.6 Å². The van der Waals surface area contributed by atoms with E-state index in [0.717, 1.165) is 10.9 Å². The molecule has 0 saturated heterocycles. The molecule has 8 heteroatoms. The first-order chi connectivity index (χ1) is 13.6. The van der Waals surface area contributed by atoms with Gasteiger partial charge in [-0.05, 0) is 43.3 Å². The molecule has 0 aliphatic rings. The van der Waals surface area contributed by atoms with Crippen LogP contribution in [0.4, 0.5) is 10.1 Å². The van der Waals surface area contributed by atoms with Crippen LogP contribution in [0.1, 0.15) is 6.92 Å². The molecule has 0 aliphatic heterocycles. The molecule has 0 saturated carbocycles. The number of nitrogens with zero attached hydrogens (tertiary/aromatic N) is 3. The Hall–Kier alpha value is -3.26. The standard InChI is InChI=1S/C20H16FN5OS/c1-12(19(27)23-17-10-4-9-16-14(17)7-5-11-22-16)28-20-24-18(25-26-20)13-6-2-3-8-15(13)21/h2-12H,1H3,(H,23,27)(H,24,25,26)/t12-/m1/s1. The zero-order chi connectivity index (χ0) is 19.5. The molecule has 6 nitrogen and oxygen atoms in total. The van der Waals surface area contributed by atoms with E-state index in [1.165, 1.54) is 17.8 Å². The lowest BCUT2D eigenvalue weighted by Crippen LogP contribution is -2.22. The van der Waals surface area contributed by atoms with Gasteiger partial charge in [0.05, 0.1) is 22.0 Å². The van der Waals surface area contributed by atoms with Crippen LogP contribution in [0.2, 0.25) is 0 Å². The van der Waals surface area contributed by atoms with Crippen molar-refractivity contribution in [1.82, 2.24) is 20.2 Å². The number of aromatic amines is 1. The van der Waals surface area contributed by atoms with Crippen molar-refractivity contribution in [2.75, 3.05) is 5.32 Å². The van der Waals surface area contributed by atoms with Gasteiger partial charge in [-0.25, -0.2) is 9.37 Å². The molecule has 2 heterocycles. The number of thioether (sulfide) groups is 1. The molecule has 0 unspecified atom stereocenters. The molecule has 0 aliphatic carbocycles. The second-order valence-corrected chi connectivity index (χ2v) is 7.38. The molecule has 0 spiro atoms. The van der Waals surface area contributed by atoms with Gasteiger partial charge in [-0.15, -0.1) is 5.10 Å². The molecule has 4 rings (SSSR count). The second-order valence-electron chi connectivity index (χ2n) is 6.07. The Morgan fingerprint density at radius 2 is 2.00 bits per heavy atom. The maximum atomic E-state index is 13.9. The fourth-order valence-corrected chi connectivity index (χ4v) is 3.46. The molecular formula is C20H16FN5OS. The average molecular weight is 393 g/mol. The number of halogens is 1. The zero-order valence-electron chi connectivity index (χ0n) is 14.9. The van der Waals surface area contributed by atoms with Gasteiger partial charge in [-0.1, -0.05) is 30.0 Å². The van der Waals surface area contributed by atoms with Crippen LogP contribution in [0.5, 0.6) is 0 Å². The number of carbonyl (C=O) groups is 1. The van der Waals surface area contributed by atoms with E-state index in [9.17, 15) is 9.18 Å². The van der Waals surface area contributed by atoms with Crippen LogP contribution in [-0.2, 0) is 4.79 Å². The first kappa shape index (κ1) is 18.1. The first-order valence-corrected chi connectivity index (χ1v) is 9.48. The number of fused-ring (bicyclic) bond motifs is 1. The highest BCUT2D eigenvalue weighted by molar-refractivity contribution is 8.00. The highest BCUT2D eigenvalue weighted by Crippen LogP contribution is 2.26. The van der Waals surface area contributed by atoms with Crippen LogP contribution < -0.4 is 5.32 Å². The Balaban J connectivity index is 1.47. The fraction of sp³-hybridized carbons (Fsp3) is 0.100. The normalized spacial score (nSPS) is 12.1. The van der Waals surface area contributed by atoms with Crippen molar-refractivity contribution in [3.05, 3.63) is 66.6 Å². The van der Waals surface area contributed by atoms with Crippen LogP contribution in [0.25, 0.3) is 22.3 Å². The molecule has 1 amide bonds. The lowest BCUT2D eigenvalue weighted by atomic mass is 10.2. The number of nitrogens with one attached hydrogen (secondary N) is 2. The summed E-state index contributed by atoms with van der Waals surface area (Å²) in [6, 6.07) is 15.6. The lowest BCUT2D eigenvalue weighted by Gasteiger charge is -2.12. The maximum absolute atomic E-state index is 13.9. The minimum atomic E-state index is -0.448. The van der Waals surface area contributed by atoms with Gasteiger partial charge < -0.3 is 5.32 Å². The maximum Gasteiger partial charge on any atom is 0.237 e. The van der Waals surface area contributed by atoms with Crippen LogP contribution in [0.3, 0.4) is 0 Å². The summed E-state index contributed by atoms with van der Waals surface area (Å²) >= 11 is 1.19. The second kappa shape index (κ2) is 7.77. The number of H-pyrrole nitrogens is 1. The summed E-state index contributed by atoms with van der Waals surface area (Å²) in [7, 11) is 0. The number of rotatable bonds is 5. The molecule has 2 aromatic heterocycles. The summed E-state index contributed by atoms with van der Waals surface area (Å²) in [5.41, 5.74) is 1.84. The van der Waals surface area contributed by atoms with Crippen LogP contribution in [-0.4, -0.2) is 31.3 Å². The van der Waals surface area contributed by atoms with Crippen molar-refractivity contribution in [2.24, 2.45) is 0 Å². The quantitative estimate of drug-likeness (QED) is 0.495. The Morgan fingerprint density at radius 1 is 1.14 bits per heavy atom. The first-order valence-electron chi connectivity index (χ1n) is 8.60. The van der Waals surface area contributed by atoms with Gasteiger partial charge in [0, 0.05) is 11.6 Å². The molecule has 0 bridgehead atoms. The van der Waals surface area contributed by atoms with E-state index in [1.807, 2.05) is 30.3 Å². The summed E-state index contributed by atoms with van der Waals surface area (Å²) in [6.07, 6.45) is 1.71. The van der Waals surface area contributed by atoms with Crippen LogP contribution >= 0.6 is 11.8 Å². The predicted molar refractivity (Wildman–Crippen MR) is 107 cm³/mol. The molecule has 0 fully saturated rings. The molecule has 4 aromatic rings. The SMILES string of the molecule is C[C@@H](Sc1n[nH]c(-c2ccccc2F)n1)C(=O)Nc1cccc2ncccc12. The van der Waals surface area contributed by atoms with Gasteiger partial charge >= 0.3 is 0 Å². The minimum absolute atomic E-state index is 0.182. The summed E-state index contributed by atoms with van der Waals surface area (Å²) in [4.78, 5) is 21.2. The van der Waals surface area contributed by atoms with E-state index in [-0.39, 0.29) is 11.7 Å². The zero-order valence-corrected chi connectivity index (χ0v) is 15.7. The van der Waals surface area contributed by atoms with E-state index in [4.69, 9.17) is 0 Å². The predicted octanol–water partition coefficient (Wildman–Crippen LogP) is 4.28. The molecule has 2 N–H and O–H groups in total. The van der Waals surface area contributed by atoms with E-state index >= 15 is 0 Å². The van der Waals surface area contributed by atoms with Crippen molar-refractivity contribution >= 4 is 34.3 Å². The van der Waals surface area contributed by atoms with Gasteiger partial charge in [0.15, 0.2) is 5.82 Å². The molecule has 0 radical (unpaired) electrons. The van der Waals surface area contributed by atoms with Crippen molar-refractivity contribution < 1.29 is 9.18 Å². The number of amides is 1. The Kier molecular flexibility index (Phi) is 5.03. The third-order valence-electron chi connectivity index (χ3n) is 4.15. The highest BCUT2D eigenvalue weighted by atomic mass is 32.2.